The van der Waals surface area contributed by atoms with E-state index in [0.29, 0.717) is 12.8 Å². The monoisotopic (exact) mass is 1270 g/mol. The van der Waals surface area contributed by atoms with Gasteiger partial charge in [-0.3, -0.25) is 4.79 Å². The Balaban J connectivity index is 1.17. The van der Waals surface area contributed by atoms with E-state index in [4.69, 9.17) is 28.4 Å². The summed E-state index contributed by atoms with van der Waals surface area (Å²) in [4.78, 5) is 13.2. The van der Waals surface area contributed by atoms with Crippen LogP contribution in [0.25, 0.3) is 0 Å². The lowest BCUT2D eigenvalue weighted by Gasteiger charge is -2.48. The molecule has 0 radical (unpaired) electrons. The molecule has 17 unspecified atom stereocenters. The maximum atomic E-state index is 13.2. The van der Waals surface area contributed by atoms with Crippen LogP contribution < -0.4 is 5.32 Å². The fourth-order valence-electron chi connectivity index (χ4n) is 12.1. The first-order valence-corrected chi connectivity index (χ1v) is 35.7. The number of hydrogen-bond donors (Lipinski definition) is 12. The van der Waals surface area contributed by atoms with Gasteiger partial charge >= 0.3 is 0 Å². The molecule has 3 saturated heterocycles. The van der Waals surface area contributed by atoms with Crippen molar-refractivity contribution in [1.82, 2.24) is 5.32 Å². The molecule has 3 heterocycles. The van der Waals surface area contributed by atoms with Gasteiger partial charge in [0, 0.05) is 6.42 Å². The Morgan fingerprint density at radius 3 is 1.17 bits per heavy atom. The maximum Gasteiger partial charge on any atom is 0.220 e. The number of ether oxygens (including phenoxy) is 6. The fourth-order valence-corrected chi connectivity index (χ4v) is 12.1. The van der Waals surface area contributed by atoms with Crippen LogP contribution in [0.3, 0.4) is 0 Å². The van der Waals surface area contributed by atoms with E-state index in [9.17, 15) is 61.0 Å². The first-order chi connectivity index (χ1) is 43.3. The molecule has 0 aromatic carbocycles. The maximum absolute atomic E-state index is 13.2. The van der Waals surface area contributed by atoms with E-state index >= 15 is 0 Å². The van der Waals surface area contributed by atoms with Crippen molar-refractivity contribution in [2.24, 2.45) is 0 Å². The van der Waals surface area contributed by atoms with Gasteiger partial charge in [0.1, 0.15) is 73.2 Å². The summed E-state index contributed by atoms with van der Waals surface area (Å²) in [6.07, 6.45) is 36.2. The summed E-state index contributed by atoms with van der Waals surface area (Å²) >= 11 is 0. The minimum atomic E-state index is -1.97. The van der Waals surface area contributed by atoms with Crippen LogP contribution in [0.15, 0.2) is 36.5 Å². The van der Waals surface area contributed by atoms with Gasteiger partial charge in [0.2, 0.25) is 5.91 Å². The highest BCUT2D eigenvalue weighted by molar-refractivity contribution is 5.76. The van der Waals surface area contributed by atoms with Gasteiger partial charge in [-0.1, -0.05) is 256 Å². The van der Waals surface area contributed by atoms with E-state index in [-0.39, 0.29) is 18.9 Å². The zero-order valence-corrected chi connectivity index (χ0v) is 55.2. The summed E-state index contributed by atoms with van der Waals surface area (Å²) in [5, 5.41) is 119. The molecule has 3 aliphatic heterocycles. The molecule has 19 nitrogen and oxygen atoms in total. The second kappa shape index (κ2) is 52.3. The number of carbonyl (C=O) groups excluding carboxylic acids is 1. The number of rotatable bonds is 55. The SMILES string of the molecule is CCC/C=C/C(O)C(COC1OC(CO)C(OC2OC(CO)C(OC3OC(CO)C(O)C(O)C3O)C(O)C2O)C(O)C1O)NC(=O)CCCCCCCCCCCCCCCCCCCCCCCCCCCCCCC/C=C\C/C=C\CCCCCCC. The number of carbonyl (C=O) groups is 1. The van der Waals surface area contributed by atoms with Crippen LogP contribution in [0, 0.1) is 0 Å². The summed E-state index contributed by atoms with van der Waals surface area (Å²) in [6.45, 7) is 1.49. The average molecular weight is 1270 g/mol. The van der Waals surface area contributed by atoms with Gasteiger partial charge in [-0.2, -0.15) is 0 Å². The Morgan fingerprint density at radius 1 is 0.404 bits per heavy atom. The first kappa shape index (κ1) is 81.2. The molecule has 3 fully saturated rings. The highest BCUT2D eigenvalue weighted by atomic mass is 16.8. The minimum Gasteiger partial charge on any atom is -0.394 e. The predicted molar refractivity (Wildman–Crippen MR) is 346 cm³/mol. The third kappa shape index (κ3) is 34.3. The standard InChI is InChI=1S/C70H129NO18/c1-3-5-7-8-9-10-11-12-13-14-15-16-17-18-19-20-21-22-23-24-25-26-27-28-29-30-31-32-33-34-35-36-37-38-39-40-41-42-43-44-46-48-58(76)71-53(54(75)47-45-6-4-2)52-84-68-64(82)61(79)66(56(50-73)86-68)89-70-65(83)62(80)67(57(51-74)87-70)88-69-63(81)60(78)59(77)55(49-72)85-69/h11-12,14-15,45,47,53-57,59-70,72-75,77-83H,3-10,13,16-44,46,48-52H2,1-2H3,(H,71,76)/b12-11-,15-14-,47-45+. The van der Waals surface area contributed by atoms with Gasteiger partial charge < -0.3 is 89.9 Å². The number of allylic oxidation sites excluding steroid dienone is 5. The van der Waals surface area contributed by atoms with Crippen molar-refractivity contribution in [3.8, 4) is 0 Å². The van der Waals surface area contributed by atoms with Gasteiger partial charge in [-0.15, -0.1) is 0 Å². The van der Waals surface area contributed by atoms with E-state index in [1.807, 2.05) is 6.92 Å². The van der Waals surface area contributed by atoms with Crippen molar-refractivity contribution < 1.29 is 89.4 Å². The summed E-state index contributed by atoms with van der Waals surface area (Å²) in [5.74, 6) is -0.284. The quantitative estimate of drug-likeness (QED) is 0.0199. The molecule has 0 bridgehead atoms. The molecule has 0 saturated carbocycles. The number of amides is 1. The normalized spacial score (nSPS) is 28.4. The average Bonchev–Trinajstić information content (AvgIpc) is 1.81. The van der Waals surface area contributed by atoms with Gasteiger partial charge in [0.25, 0.3) is 0 Å². The van der Waals surface area contributed by atoms with Crippen LogP contribution >= 0.6 is 0 Å². The van der Waals surface area contributed by atoms with Gasteiger partial charge in [0.05, 0.1) is 38.6 Å². The van der Waals surface area contributed by atoms with E-state index in [2.05, 4.69) is 36.5 Å². The lowest BCUT2D eigenvalue weighted by atomic mass is 9.96. The van der Waals surface area contributed by atoms with E-state index < -0.39 is 124 Å². The van der Waals surface area contributed by atoms with Crippen molar-refractivity contribution in [3.63, 3.8) is 0 Å². The van der Waals surface area contributed by atoms with Crippen molar-refractivity contribution in [2.45, 2.75) is 375 Å². The predicted octanol–water partition coefficient (Wildman–Crippen LogP) is 9.61. The Kier molecular flexibility index (Phi) is 47.7. The lowest BCUT2D eigenvalue weighted by molar-refractivity contribution is -0.379. The van der Waals surface area contributed by atoms with Crippen molar-refractivity contribution >= 4 is 5.91 Å². The first-order valence-electron chi connectivity index (χ1n) is 35.7. The third-order valence-corrected chi connectivity index (χ3v) is 17.9. The molecule has 0 aromatic rings. The molecule has 89 heavy (non-hydrogen) atoms. The summed E-state index contributed by atoms with van der Waals surface area (Å²) in [5.41, 5.74) is 0. The van der Waals surface area contributed by atoms with Crippen molar-refractivity contribution in [2.75, 3.05) is 26.4 Å². The topological polar surface area (TPSA) is 307 Å². The zero-order chi connectivity index (χ0) is 64.7. The Morgan fingerprint density at radius 2 is 0.764 bits per heavy atom. The van der Waals surface area contributed by atoms with Crippen LogP contribution in [0.4, 0.5) is 0 Å². The third-order valence-electron chi connectivity index (χ3n) is 17.9. The molecule has 1 amide bonds. The molecule has 0 aliphatic carbocycles. The van der Waals surface area contributed by atoms with E-state index in [0.717, 1.165) is 32.1 Å². The number of aliphatic hydroxyl groups is 11. The number of aliphatic hydroxyl groups excluding tert-OH is 11. The number of nitrogens with one attached hydrogen (secondary N) is 1. The van der Waals surface area contributed by atoms with Crippen LogP contribution in [0.2, 0.25) is 0 Å². The molecular weight excluding hydrogens is 1140 g/mol. The Labute approximate surface area is 536 Å². The second-order valence-corrected chi connectivity index (χ2v) is 25.7. The van der Waals surface area contributed by atoms with Crippen LogP contribution in [-0.4, -0.2) is 193 Å². The summed E-state index contributed by atoms with van der Waals surface area (Å²) in [7, 11) is 0. The minimum absolute atomic E-state index is 0.244. The Bertz CT molecular complexity index is 1760. The molecule has 0 spiro atoms. The van der Waals surface area contributed by atoms with Crippen LogP contribution in [0.1, 0.15) is 271 Å². The van der Waals surface area contributed by atoms with E-state index in [1.54, 1.807) is 12.2 Å². The van der Waals surface area contributed by atoms with Crippen LogP contribution in [0.5, 0.6) is 0 Å². The molecular formula is C70H129NO18. The van der Waals surface area contributed by atoms with Gasteiger partial charge in [-0.05, 0) is 44.9 Å². The summed E-state index contributed by atoms with van der Waals surface area (Å²) in [6, 6.07) is -0.966. The second-order valence-electron chi connectivity index (χ2n) is 25.7. The summed E-state index contributed by atoms with van der Waals surface area (Å²) < 4.78 is 34.0. The highest BCUT2D eigenvalue weighted by Gasteiger charge is 2.53. The molecule has 12 N–H and O–H groups in total. The zero-order valence-electron chi connectivity index (χ0n) is 55.2. The molecule has 3 aliphatic rings. The molecule has 19 heteroatoms. The molecule has 3 rings (SSSR count). The smallest absolute Gasteiger partial charge is 0.220 e. The number of unbranched alkanes of at least 4 members (excludes halogenated alkanes) is 35. The molecule has 0 aromatic heterocycles. The Hall–Kier alpha value is -1.99. The fraction of sp³-hybridized carbons (Fsp3) is 0.900. The molecule has 17 atom stereocenters. The largest absolute Gasteiger partial charge is 0.394 e. The van der Waals surface area contributed by atoms with Gasteiger partial charge in [-0.25, -0.2) is 0 Å². The van der Waals surface area contributed by atoms with Crippen LogP contribution in [-0.2, 0) is 33.2 Å². The molecule has 522 valence electrons. The lowest BCUT2D eigenvalue weighted by Crippen LogP contribution is -2.66. The van der Waals surface area contributed by atoms with E-state index in [1.165, 1.54) is 205 Å². The van der Waals surface area contributed by atoms with Crippen molar-refractivity contribution in [3.05, 3.63) is 36.5 Å². The van der Waals surface area contributed by atoms with Gasteiger partial charge in [0.15, 0.2) is 18.9 Å². The number of hydrogen-bond acceptors (Lipinski definition) is 18. The van der Waals surface area contributed by atoms with Crippen molar-refractivity contribution in [1.29, 1.82) is 0 Å². The highest BCUT2D eigenvalue weighted by Crippen LogP contribution is 2.33.